The van der Waals surface area contributed by atoms with Gasteiger partial charge in [-0.15, -0.1) is 12.4 Å². The zero-order valence-electron chi connectivity index (χ0n) is 11.6. The Morgan fingerprint density at radius 1 is 1.20 bits per heavy atom. The Labute approximate surface area is 126 Å². The van der Waals surface area contributed by atoms with Crippen molar-refractivity contribution in [3.8, 4) is 0 Å². The first-order valence-electron chi connectivity index (χ1n) is 7.20. The van der Waals surface area contributed by atoms with Crippen molar-refractivity contribution in [2.24, 2.45) is 0 Å². The van der Waals surface area contributed by atoms with Crippen molar-refractivity contribution in [1.29, 1.82) is 0 Å². The van der Waals surface area contributed by atoms with Crippen molar-refractivity contribution >= 4 is 29.7 Å². The number of amides is 1. The van der Waals surface area contributed by atoms with E-state index in [0.717, 1.165) is 37.4 Å². The third-order valence-corrected chi connectivity index (χ3v) is 3.92. The fraction of sp³-hybridized carbons (Fsp3) is 0.533. The van der Waals surface area contributed by atoms with E-state index < -0.39 is 0 Å². The molecule has 0 saturated carbocycles. The van der Waals surface area contributed by atoms with Gasteiger partial charge in [-0.1, -0.05) is 0 Å². The standard InChI is InChI=1S/C15H21N3O.ClH/c19-15-4-2-10-18(15)14-7-5-12(6-8-14)17-13-3-1-9-16-11-13;/h5-8,13,16-17H,1-4,9-11H2;1H. The Morgan fingerprint density at radius 2 is 2.00 bits per heavy atom. The number of carbonyl (C=O) groups is 1. The zero-order chi connectivity index (χ0) is 13.1. The van der Waals surface area contributed by atoms with E-state index in [0.29, 0.717) is 12.5 Å². The summed E-state index contributed by atoms with van der Waals surface area (Å²) in [6.07, 6.45) is 4.12. The predicted octanol–water partition coefficient (Wildman–Crippen LogP) is 2.40. The maximum Gasteiger partial charge on any atom is 0.227 e. The maximum atomic E-state index is 11.7. The normalized spacial score (nSPS) is 22.5. The van der Waals surface area contributed by atoms with E-state index in [1.165, 1.54) is 12.8 Å². The van der Waals surface area contributed by atoms with Crippen molar-refractivity contribution in [3.63, 3.8) is 0 Å². The molecule has 2 fully saturated rings. The van der Waals surface area contributed by atoms with Crippen molar-refractivity contribution in [3.05, 3.63) is 24.3 Å². The molecule has 0 spiro atoms. The summed E-state index contributed by atoms with van der Waals surface area (Å²) in [5.74, 6) is 0.247. The lowest BCUT2D eigenvalue weighted by Gasteiger charge is -2.25. The van der Waals surface area contributed by atoms with Gasteiger partial charge >= 0.3 is 0 Å². The smallest absolute Gasteiger partial charge is 0.227 e. The predicted molar refractivity (Wildman–Crippen MR) is 84.8 cm³/mol. The molecule has 2 aliphatic heterocycles. The molecule has 0 aromatic heterocycles. The number of anilines is 2. The van der Waals surface area contributed by atoms with E-state index in [1.54, 1.807) is 0 Å². The molecule has 0 radical (unpaired) electrons. The average molecular weight is 296 g/mol. The second-order valence-electron chi connectivity index (χ2n) is 5.38. The van der Waals surface area contributed by atoms with Gasteiger partial charge in [0.25, 0.3) is 0 Å². The monoisotopic (exact) mass is 295 g/mol. The third-order valence-electron chi connectivity index (χ3n) is 3.92. The summed E-state index contributed by atoms with van der Waals surface area (Å²) in [5, 5.41) is 6.95. The minimum atomic E-state index is 0. The lowest BCUT2D eigenvalue weighted by atomic mass is 10.1. The van der Waals surface area contributed by atoms with Crippen molar-refractivity contribution in [1.82, 2.24) is 5.32 Å². The van der Waals surface area contributed by atoms with Crippen LogP contribution in [0.1, 0.15) is 25.7 Å². The van der Waals surface area contributed by atoms with Crippen LogP contribution in [0, 0.1) is 0 Å². The molecule has 1 amide bonds. The zero-order valence-corrected chi connectivity index (χ0v) is 12.4. The lowest BCUT2D eigenvalue weighted by molar-refractivity contribution is -0.117. The van der Waals surface area contributed by atoms with E-state index in [9.17, 15) is 4.79 Å². The number of benzene rings is 1. The number of carbonyl (C=O) groups excluding carboxylic acids is 1. The van der Waals surface area contributed by atoms with Crippen molar-refractivity contribution in [2.75, 3.05) is 29.9 Å². The number of halogens is 1. The van der Waals surface area contributed by atoms with Gasteiger partial charge in [0.1, 0.15) is 0 Å². The highest BCUT2D eigenvalue weighted by molar-refractivity contribution is 5.95. The fourth-order valence-electron chi connectivity index (χ4n) is 2.87. The molecule has 1 aromatic carbocycles. The molecule has 20 heavy (non-hydrogen) atoms. The van der Waals surface area contributed by atoms with Gasteiger partial charge in [-0.25, -0.2) is 0 Å². The minimum absolute atomic E-state index is 0. The van der Waals surface area contributed by atoms with Crippen LogP contribution in [-0.4, -0.2) is 31.6 Å². The summed E-state index contributed by atoms with van der Waals surface area (Å²) in [6.45, 7) is 3.03. The van der Waals surface area contributed by atoms with Gasteiger partial charge < -0.3 is 15.5 Å². The number of nitrogens with zero attached hydrogens (tertiary/aromatic N) is 1. The highest BCUT2D eigenvalue weighted by atomic mass is 35.5. The molecule has 4 nitrogen and oxygen atoms in total. The Balaban J connectivity index is 0.00000147. The highest BCUT2D eigenvalue weighted by Crippen LogP contribution is 2.23. The SMILES string of the molecule is Cl.O=C1CCCN1c1ccc(NC2CCCNC2)cc1. The van der Waals surface area contributed by atoms with Crippen LogP contribution in [0.15, 0.2) is 24.3 Å². The van der Waals surface area contributed by atoms with Gasteiger partial charge in [-0.2, -0.15) is 0 Å². The highest BCUT2D eigenvalue weighted by Gasteiger charge is 2.21. The molecule has 2 N–H and O–H groups in total. The number of hydrogen-bond donors (Lipinski definition) is 2. The van der Waals surface area contributed by atoms with Gasteiger partial charge in [0.2, 0.25) is 5.91 Å². The van der Waals surface area contributed by atoms with Crippen LogP contribution in [0.25, 0.3) is 0 Å². The van der Waals surface area contributed by atoms with E-state index >= 15 is 0 Å². The van der Waals surface area contributed by atoms with Gasteiger partial charge in [0.05, 0.1) is 0 Å². The summed E-state index contributed by atoms with van der Waals surface area (Å²) in [4.78, 5) is 13.6. The van der Waals surface area contributed by atoms with Crippen molar-refractivity contribution < 1.29 is 4.79 Å². The Morgan fingerprint density at radius 3 is 2.60 bits per heavy atom. The topological polar surface area (TPSA) is 44.4 Å². The minimum Gasteiger partial charge on any atom is -0.381 e. The largest absolute Gasteiger partial charge is 0.381 e. The summed E-state index contributed by atoms with van der Waals surface area (Å²) in [7, 11) is 0. The fourth-order valence-corrected chi connectivity index (χ4v) is 2.87. The maximum absolute atomic E-state index is 11.7. The van der Waals surface area contributed by atoms with E-state index in [4.69, 9.17) is 0 Å². The average Bonchev–Trinajstić information content (AvgIpc) is 2.87. The summed E-state index contributed by atoms with van der Waals surface area (Å²) in [6, 6.07) is 8.77. The lowest BCUT2D eigenvalue weighted by Crippen LogP contribution is -2.38. The molecule has 3 rings (SSSR count). The first-order chi connectivity index (χ1) is 9.33. The van der Waals surface area contributed by atoms with Gasteiger partial charge in [0, 0.05) is 36.9 Å². The van der Waals surface area contributed by atoms with E-state index in [1.807, 2.05) is 17.0 Å². The van der Waals surface area contributed by atoms with Crippen LogP contribution in [0.3, 0.4) is 0 Å². The third kappa shape index (κ3) is 3.44. The van der Waals surface area contributed by atoms with Gasteiger partial charge in [-0.3, -0.25) is 4.79 Å². The molecular weight excluding hydrogens is 274 g/mol. The summed E-state index contributed by atoms with van der Waals surface area (Å²) in [5.41, 5.74) is 2.17. The molecule has 110 valence electrons. The van der Waals surface area contributed by atoms with Crippen LogP contribution in [0.2, 0.25) is 0 Å². The molecule has 1 aromatic rings. The Kier molecular flexibility index (Phi) is 5.26. The van der Waals surface area contributed by atoms with Crippen LogP contribution in [0.5, 0.6) is 0 Å². The molecule has 2 aliphatic rings. The number of hydrogen-bond acceptors (Lipinski definition) is 3. The Hall–Kier alpha value is -1.26. The number of piperidine rings is 1. The molecule has 0 aliphatic carbocycles. The molecule has 2 heterocycles. The molecule has 5 heteroatoms. The van der Waals surface area contributed by atoms with E-state index in [-0.39, 0.29) is 18.3 Å². The van der Waals surface area contributed by atoms with Crippen LogP contribution in [0.4, 0.5) is 11.4 Å². The van der Waals surface area contributed by atoms with Crippen molar-refractivity contribution in [2.45, 2.75) is 31.7 Å². The molecule has 1 unspecified atom stereocenters. The molecule has 2 saturated heterocycles. The second kappa shape index (κ2) is 6.95. The number of nitrogens with one attached hydrogen (secondary N) is 2. The second-order valence-corrected chi connectivity index (χ2v) is 5.38. The molecule has 1 atom stereocenters. The quantitative estimate of drug-likeness (QED) is 0.900. The summed E-state index contributed by atoms with van der Waals surface area (Å²) < 4.78 is 0. The van der Waals surface area contributed by atoms with Gasteiger partial charge in [-0.05, 0) is 50.1 Å². The van der Waals surface area contributed by atoms with Crippen LogP contribution < -0.4 is 15.5 Å². The van der Waals surface area contributed by atoms with E-state index in [2.05, 4.69) is 22.8 Å². The summed E-state index contributed by atoms with van der Waals surface area (Å²) >= 11 is 0. The molecular formula is C15H22ClN3O. The Bertz CT molecular complexity index is 443. The molecule has 0 bridgehead atoms. The number of rotatable bonds is 3. The van der Waals surface area contributed by atoms with Crippen LogP contribution in [-0.2, 0) is 4.79 Å². The van der Waals surface area contributed by atoms with Gasteiger partial charge in [0.15, 0.2) is 0 Å². The van der Waals surface area contributed by atoms with Crippen LogP contribution >= 0.6 is 12.4 Å². The first kappa shape index (κ1) is 15.1. The first-order valence-corrected chi connectivity index (χ1v) is 7.20.